The number of nitrogen functional groups attached to an aromatic ring is 1. The van der Waals surface area contributed by atoms with E-state index in [9.17, 15) is 4.39 Å². The lowest BCUT2D eigenvalue weighted by Crippen LogP contribution is -2.10. The zero-order chi connectivity index (χ0) is 7.56. The molecule has 0 saturated heterocycles. The lowest BCUT2D eigenvalue weighted by molar-refractivity contribution is 0.617. The van der Waals surface area contributed by atoms with E-state index in [2.05, 4.69) is 10.4 Å². The van der Waals surface area contributed by atoms with Crippen molar-refractivity contribution < 1.29 is 4.39 Å². The third kappa shape index (κ3) is 1.35. The van der Waals surface area contributed by atoms with Gasteiger partial charge in [0.1, 0.15) is 0 Å². The Morgan fingerprint density at radius 2 is 2.40 bits per heavy atom. The molecule has 0 aliphatic rings. The first-order valence-corrected chi connectivity index (χ1v) is 3.60. The molecular weight excluding hydrogens is 248 g/mol. The van der Waals surface area contributed by atoms with Crippen molar-refractivity contribution >= 4 is 28.4 Å². The fourth-order valence-corrected chi connectivity index (χ4v) is 0.937. The topological polar surface area (TPSA) is 50.9 Å². The quantitative estimate of drug-likeness (QED) is 0.448. The highest BCUT2D eigenvalue weighted by atomic mass is 127. The molecule has 0 atom stereocenters. The van der Waals surface area contributed by atoms with E-state index in [4.69, 9.17) is 5.84 Å². The third-order valence-corrected chi connectivity index (χ3v) is 1.81. The van der Waals surface area contributed by atoms with E-state index < -0.39 is 5.82 Å². The second kappa shape index (κ2) is 3.11. The molecular formula is C5H5FIN3. The van der Waals surface area contributed by atoms with Crippen molar-refractivity contribution in [3.05, 3.63) is 21.7 Å². The van der Waals surface area contributed by atoms with Crippen molar-refractivity contribution in [1.82, 2.24) is 4.98 Å². The SMILES string of the molecule is NNc1nccc(I)c1F. The minimum absolute atomic E-state index is 0.0758. The van der Waals surface area contributed by atoms with Gasteiger partial charge in [0.2, 0.25) is 0 Å². The van der Waals surface area contributed by atoms with Crippen LogP contribution in [-0.4, -0.2) is 4.98 Å². The van der Waals surface area contributed by atoms with E-state index in [1.165, 1.54) is 6.20 Å². The van der Waals surface area contributed by atoms with Gasteiger partial charge in [0.25, 0.3) is 0 Å². The Kier molecular flexibility index (Phi) is 2.39. The number of pyridine rings is 1. The summed E-state index contributed by atoms with van der Waals surface area (Å²) in [5.41, 5.74) is 2.15. The van der Waals surface area contributed by atoms with Gasteiger partial charge in [-0.1, -0.05) is 0 Å². The van der Waals surface area contributed by atoms with Crippen molar-refractivity contribution in [3.63, 3.8) is 0 Å². The highest BCUT2D eigenvalue weighted by Crippen LogP contribution is 2.14. The smallest absolute Gasteiger partial charge is 0.180 e. The van der Waals surface area contributed by atoms with Crippen LogP contribution in [-0.2, 0) is 0 Å². The molecule has 1 rings (SSSR count). The van der Waals surface area contributed by atoms with Crippen LogP contribution >= 0.6 is 22.6 Å². The maximum Gasteiger partial charge on any atom is 0.180 e. The second-order valence-corrected chi connectivity index (χ2v) is 2.76. The largest absolute Gasteiger partial charge is 0.306 e. The number of anilines is 1. The lowest BCUT2D eigenvalue weighted by atomic mass is 10.4. The van der Waals surface area contributed by atoms with Gasteiger partial charge >= 0.3 is 0 Å². The number of rotatable bonds is 1. The molecule has 10 heavy (non-hydrogen) atoms. The Hall–Kier alpha value is -0.430. The molecule has 1 aromatic rings. The molecule has 1 heterocycles. The molecule has 1 aromatic heterocycles. The fourth-order valence-electron chi connectivity index (χ4n) is 0.521. The van der Waals surface area contributed by atoms with Crippen LogP contribution in [0.4, 0.5) is 10.2 Å². The molecule has 0 unspecified atom stereocenters. The fraction of sp³-hybridized carbons (Fsp3) is 0. The Morgan fingerprint density at radius 1 is 1.70 bits per heavy atom. The molecule has 0 aliphatic carbocycles. The van der Waals surface area contributed by atoms with Gasteiger partial charge in [-0.2, -0.15) is 0 Å². The first kappa shape index (κ1) is 7.67. The van der Waals surface area contributed by atoms with Crippen molar-refractivity contribution in [3.8, 4) is 0 Å². The van der Waals surface area contributed by atoms with Crippen molar-refractivity contribution in [1.29, 1.82) is 0 Å². The Labute approximate surface area is 70.9 Å². The number of hydrogen-bond acceptors (Lipinski definition) is 3. The summed E-state index contributed by atoms with van der Waals surface area (Å²) >= 11 is 1.86. The summed E-state index contributed by atoms with van der Waals surface area (Å²) in [7, 11) is 0. The van der Waals surface area contributed by atoms with Gasteiger partial charge in [0.15, 0.2) is 11.6 Å². The maximum atomic E-state index is 12.8. The van der Waals surface area contributed by atoms with Crippen LogP contribution in [0.2, 0.25) is 0 Å². The van der Waals surface area contributed by atoms with E-state index in [0.29, 0.717) is 3.57 Å². The molecule has 0 radical (unpaired) electrons. The molecule has 5 heteroatoms. The molecule has 0 aromatic carbocycles. The minimum Gasteiger partial charge on any atom is -0.306 e. The maximum absolute atomic E-state index is 12.8. The molecule has 0 saturated carbocycles. The third-order valence-electron chi connectivity index (χ3n) is 0.979. The number of nitrogens with two attached hydrogens (primary N) is 1. The summed E-state index contributed by atoms with van der Waals surface area (Å²) in [6, 6.07) is 1.57. The van der Waals surface area contributed by atoms with Crippen LogP contribution < -0.4 is 11.3 Å². The number of nitrogens with zero attached hydrogens (tertiary/aromatic N) is 1. The van der Waals surface area contributed by atoms with Gasteiger partial charge in [-0.05, 0) is 28.7 Å². The number of hydrazine groups is 1. The van der Waals surface area contributed by atoms with Crippen LogP contribution in [0.25, 0.3) is 0 Å². The molecule has 3 nitrogen and oxygen atoms in total. The average Bonchev–Trinajstić information content (AvgIpc) is 1.95. The molecule has 54 valence electrons. The number of halogens is 2. The van der Waals surface area contributed by atoms with E-state index in [-0.39, 0.29) is 5.82 Å². The van der Waals surface area contributed by atoms with E-state index in [1.807, 2.05) is 22.6 Å². The van der Waals surface area contributed by atoms with Gasteiger partial charge < -0.3 is 5.43 Å². The summed E-state index contributed by atoms with van der Waals surface area (Å²) < 4.78 is 13.3. The highest BCUT2D eigenvalue weighted by Gasteiger charge is 2.03. The summed E-state index contributed by atoms with van der Waals surface area (Å²) in [5.74, 6) is 4.63. The Bertz CT molecular complexity index is 240. The van der Waals surface area contributed by atoms with Gasteiger partial charge in [-0.15, -0.1) is 0 Å². The van der Waals surface area contributed by atoms with Crippen LogP contribution in [0.3, 0.4) is 0 Å². The summed E-state index contributed by atoms with van der Waals surface area (Å²) in [5, 5.41) is 0. The average molecular weight is 253 g/mol. The number of hydrogen-bond donors (Lipinski definition) is 2. The van der Waals surface area contributed by atoms with Crippen molar-refractivity contribution in [2.45, 2.75) is 0 Å². The van der Waals surface area contributed by atoms with E-state index in [0.717, 1.165) is 0 Å². The van der Waals surface area contributed by atoms with Gasteiger partial charge in [-0.25, -0.2) is 15.2 Å². The molecule has 3 N–H and O–H groups in total. The van der Waals surface area contributed by atoms with Crippen LogP contribution in [0, 0.1) is 9.39 Å². The van der Waals surface area contributed by atoms with Crippen LogP contribution in [0.15, 0.2) is 12.3 Å². The predicted octanol–water partition coefficient (Wildman–Crippen LogP) is 1.11. The first-order chi connectivity index (χ1) is 4.75. The minimum atomic E-state index is -0.411. The monoisotopic (exact) mass is 253 g/mol. The molecule has 0 spiro atoms. The first-order valence-electron chi connectivity index (χ1n) is 2.52. The van der Waals surface area contributed by atoms with Gasteiger partial charge in [-0.3, -0.25) is 0 Å². The van der Waals surface area contributed by atoms with Crippen molar-refractivity contribution in [2.75, 3.05) is 5.43 Å². The van der Waals surface area contributed by atoms with Crippen molar-refractivity contribution in [2.24, 2.45) is 5.84 Å². The zero-order valence-corrected chi connectivity index (χ0v) is 7.09. The van der Waals surface area contributed by atoms with Gasteiger partial charge in [0, 0.05) is 6.20 Å². The number of aromatic nitrogens is 1. The highest BCUT2D eigenvalue weighted by molar-refractivity contribution is 14.1. The molecule has 0 fully saturated rings. The Balaban J connectivity index is 3.14. The van der Waals surface area contributed by atoms with E-state index in [1.54, 1.807) is 6.07 Å². The zero-order valence-electron chi connectivity index (χ0n) is 4.94. The molecule has 0 bridgehead atoms. The summed E-state index contributed by atoms with van der Waals surface area (Å²) in [6.45, 7) is 0. The number of nitrogens with one attached hydrogen (secondary N) is 1. The lowest BCUT2D eigenvalue weighted by Gasteiger charge is -1.99. The summed E-state index contributed by atoms with van der Waals surface area (Å²) in [6.07, 6.45) is 1.49. The standard InChI is InChI=1S/C5H5FIN3/c6-4-3(7)1-2-9-5(4)10-8/h1-2H,8H2,(H,9,10). The molecule has 0 aliphatic heterocycles. The second-order valence-electron chi connectivity index (χ2n) is 1.60. The Morgan fingerprint density at radius 3 is 2.90 bits per heavy atom. The van der Waals surface area contributed by atoms with Crippen LogP contribution in [0.1, 0.15) is 0 Å². The molecule has 0 amide bonds. The summed E-state index contributed by atoms with van der Waals surface area (Å²) in [4.78, 5) is 3.64. The predicted molar refractivity (Wildman–Crippen MR) is 44.7 cm³/mol. The van der Waals surface area contributed by atoms with E-state index >= 15 is 0 Å². The van der Waals surface area contributed by atoms with Crippen LogP contribution in [0.5, 0.6) is 0 Å². The van der Waals surface area contributed by atoms with Gasteiger partial charge in [0.05, 0.1) is 3.57 Å². The normalized spacial score (nSPS) is 9.50.